The van der Waals surface area contributed by atoms with E-state index in [0.29, 0.717) is 0 Å². The van der Waals surface area contributed by atoms with Crippen molar-refractivity contribution in [3.8, 4) is 5.75 Å². The van der Waals surface area contributed by atoms with E-state index in [1.165, 1.54) is 11.1 Å². The third-order valence-electron chi connectivity index (χ3n) is 1.67. The van der Waals surface area contributed by atoms with Gasteiger partial charge in [0, 0.05) is 0 Å². The third kappa shape index (κ3) is 0.611. The van der Waals surface area contributed by atoms with Gasteiger partial charge in [-0.3, -0.25) is 0 Å². The summed E-state index contributed by atoms with van der Waals surface area (Å²) in [6.07, 6.45) is 1.15. The maximum atomic E-state index is 5.04. The minimum Gasteiger partial charge on any atom is -0.497 e. The molecular weight excluding hydrogens is 112 g/mol. The first kappa shape index (κ1) is 4.86. The summed E-state index contributed by atoms with van der Waals surface area (Å²) in [6, 6.07) is 6.34. The molecule has 0 N–H and O–H groups in total. The number of rotatable bonds is 1. The summed E-state index contributed by atoms with van der Waals surface area (Å²) in [6.45, 7) is 0. The van der Waals surface area contributed by atoms with E-state index in [0.717, 1.165) is 12.2 Å². The van der Waals surface area contributed by atoms with Crippen molar-refractivity contribution in [1.29, 1.82) is 0 Å². The molecule has 1 nitrogen and oxygen atoms in total. The fourth-order valence-corrected chi connectivity index (χ4v) is 1.16. The first-order valence-electron chi connectivity index (χ1n) is 3.05. The van der Waals surface area contributed by atoms with Crippen LogP contribution in [-0.4, -0.2) is 7.11 Å². The smallest absolute Gasteiger partial charge is 0.119 e. The second-order valence-electron chi connectivity index (χ2n) is 2.37. The summed E-state index contributed by atoms with van der Waals surface area (Å²) in [5, 5.41) is 0. The molecule has 0 spiro atoms. The number of ether oxygens (including phenoxy) is 1. The Morgan fingerprint density at radius 2 is 1.78 bits per heavy atom. The number of hydrogen-bond donors (Lipinski definition) is 0. The Hall–Kier alpha value is -0.980. The summed E-state index contributed by atoms with van der Waals surface area (Å²) in [7, 11) is 1.70. The Balaban J connectivity index is 2.47. The molecule has 0 amide bonds. The van der Waals surface area contributed by atoms with Gasteiger partial charge in [-0.15, -0.1) is 0 Å². The van der Waals surface area contributed by atoms with Crippen LogP contribution < -0.4 is 4.74 Å². The highest BCUT2D eigenvalue weighted by molar-refractivity contribution is 5.44. The van der Waals surface area contributed by atoms with Crippen LogP contribution in [0, 0.1) is 0 Å². The molecular formula is C8H8O. The minimum absolute atomic E-state index is 0.994. The lowest BCUT2D eigenvalue weighted by molar-refractivity contribution is 0.412. The van der Waals surface area contributed by atoms with E-state index < -0.39 is 0 Å². The van der Waals surface area contributed by atoms with Gasteiger partial charge in [0.15, 0.2) is 0 Å². The second-order valence-corrected chi connectivity index (χ2v) is 2.37. The lowest BCUT2D eigenvalue weighted by Crippen LogP contribution is -2.01. The van der Waals surface area contributed by atoms with Crippen molar-refractivity contribution in [2.45, 2.75) is 6.42 Å². The zero-order valence-electron chi connectivity index (χ0n) is 5.35. The van der Waals surface area contributed by atoms with Crippen molar-refractivity contribution in [1.82, 2.24) is 0 Å². The van der Waals surface area contributed by atoms with Crippen molar-refractivity contribution in [2.75, 3.05) is 7.11 Å². The molecule has 2 aliphatic carbocycles. The molecule has 0 radical (unpaired) electrons. The summed E-state index contributed by atoms with van der Waals surface area (Å²) in [4.78, 5) is 0. The first-order valence-corrected chi connectivity index (χ1v) is 3.05. The molecule has 0 fully saturated rings. The molecule has 9 heavy (non-hydrogen) atoms. The summed E-state index contributed by atoms with van der Waals surface area (Å²) in [5.41, 5.74) is 2.79. The Morgan fingerprint density at radius 3 is 2.11 bits per heavy atom. The Labute approximate surface area is 54.3 Å². The van der Waals surface area contributed by atoms with Crippen molar-refractivity contribution in [3.05, 3.63) is 29.3 Å². The van der Waals surface area contributed by atoms with Gasteiger partial charge in [0.2, 0.25) is 0 Å². The number of methoxy groups -OCH3 is 1. The van der Waals surface area contributed by atoms with Crippen LogP contribution in [0.4, 0.5) is 0 Å². The van der Waals surface area contributed by atoms with E-state index in [-0.39, 0.29) is 0 Å². The fourth-order valence-electron chi connectivity index (χ4n) is 1.16. The lowest BCUT2D eigenvalue weighted by atomic mass is 9.93. The van der Waals surface area contributed by atoms with E-state index in [4.69, 9.17) is 4.74 Å². The molecule has 46 valence electrons. The van der Waals surface area contributed by atoms with Crippen molar-refractivity contribution < 1.29 is 4.74 Å². The van der Waals surface area contributed by atoms with Gasteiger partial charge in [-0.2, -0.15) is 0 Å². The van der Waals surface area contributed by atoms with Crippen LogP contribution in [0.15, 0.2) is 18.2 Å². The van der Waals surface area contributed by atoms with E-state index in [1.807, 2.05) is 0 Å². The van der Waals surface area contributed by atoms with Gasteiger partial charge in [-0.05, 0) is 29.7 Å². The topological polar surface area (TPSA) is 9.23 Å². The maximum Gasteiger partial charge on any atom is 0.119 e. The Bertz CT molecular complexity index is 220. The van der Waals surface area contributed by atoms with Gasteiger partial charge in [-0.1, -0.05) is 6.07 Å². The fraction of sp³-hybridized carbons (Fsp3) is 0.250. The molecule has 0 unspecified atom stereocenters. The van der Waals surface area contributed by atoms with Crippen molar-refractivity contribution >= 4 is 0 Å². The number of hydrogen-bond acceptors (Lipinski definition) is 1. The largest absolute Gasteiger partial charge is 0.497 e. The minimum atomic E-state index is 0.994. The normalized spacial score (nSPS) is 12.6. The van der Waals surface area contributed by atoms with E-state index >= 15 is 0 Å². The molecule has 0 heterocycles. The molecule has 0 saturated carbocycles. The molecule has 1 aromatic carbocycles. The van der Waals surface area contributed by atoms with Crippen LogP contribution in [0.1, 0.15) is 11.1 Å². The summed E-state index contributed by atoms with van der Waals surface area (Å²) in [5.74, 6) is 0.994. The highest BCUT2D eigenvalue weighted by Gasteiger charge is 2.09. The zero-order valence-corrected chi connectivity index (χ0v) is 5.35. The van der Waals surface area contributed by atoms with Crippen LogP contribution in [0.3, 0.4) is 0 Å². The predicted molar refractivity (Wildman–Crippen MR) is 35.8 cm³/mol. The van der Waals surface area contributed by atoms with E-state index in [1.54, 1.807) is 7.11 Å². The molecule has 0 atom stereocenters. The average Bonchev–Trinajstić information content (AvgIpc) is 1.87. The Morgan fingerprint density at radius 1 is 1.22 bits per heavy atom. The maximum absolute atomic E-state index is 5.04. The Kier molecular flexibility index (Phi) is 0.810. The van der Waals surface area contributed by atoms with Gasteiger partial charge in [0.1, 0.15) is 5.75 Å². The molecule has 2 aliphatic rings. The quantitative estimate of drug-likeness (QED) is 0.555. The second kappa shape index (κ2) is 1.50. The predicted octanol–water partition coefficient (Wildman–Crippen LogP) is 1.60. The monoisotopic (exact) mass is 120 g/mol. The van der Waals surface area contributed by atoms with Gasteiger partial charge in [0.25, 0.3) is 0 Å². The van der Waals surface area contributed by atoms with E-state index in [2.05, 4.69) is 18.2 Å². The van der Waals surface area contributed by atoms with Crippen LogP contribution in [-0.2, 0) is 6.42 Å². The van der Waals surface area contributed by atoms with Crippen molar-refractivity contribution in [2.24, 2.45) is 0 Å². The zero-order chi connectivity index (χ0) is 6.27. The van der Waals surface area contributed by atoms with Gasteiger partial charge >= 0.3 is 0 Å². The van der Waals surface area contributed by atoms with Crippen LogP contribution in [0.2, 0.25) is 0 Å². The SMILES string of the molecule is COc1cc2cc(c1)C2. The van der Waals surface area contributed by atoms with Crippen LogP contribution in [0.5, 0.6) is 5.75 Å². The lowest BCUT2D eigenvalue weighted by Gasteiger charge is -2.15. The van der Waals surface area contributed by atoms with Crippen LogP contribution in [0.25, 0.3) is 0 Å². The summed E-state index contributed by atoms with van der Waals surface area (Å²) < 4.78 is 5.04. The molecule has 0 saturated heterocycles. The van der Waals surface area contributed by atoms with Gasteiger partial charge in [0.05, 0.1) is 7.11 Å². The molecule has 0 aromatic heterocycles. The van der Waals surface area contributed by atoms with Crippen molar-refractivity contribution in [3.63, 3.8) is 0 Å². The molecule has 1 aromatic rings. The first-order chi connectivity index (χ1) is 4.38. The highest BCUT2D eigenvalue weighted by Crippen LogP contribution is 2.27. The van der Waals surface area contributed by atoms with Gasteiger partial charge < -0.3 is 4.74 Å². The third-order valence-corrected chi connectivity index (χ3v) is 1.67. The average molecular weight is 120 g/mol. The van der Waals surface area contributed by atoms with Crippen LogP contribution >= 0.6 is 0 Å². The summed E-state index contributed by atoms with van der Waals surface area (Å²) >= 11 is 0. The standard InChI is InChI=1S/C8H8O/c1-9-8-4-6-2-7(3-6)5-8/h2,4-5H,3H2,1H3. The molecule has 1 heteroatoms. The van der Waals surface area contributed by atoms with Gasteiger partial charge in [-0.25, -0.2) is 0 Å². The highest BCUT2D eigenvalue weighted by atomic mass is 16.5. The molecule has 2 bridgehead atoms. The molecule has 3 rings (SSSR count). The van der Waals surface area contributed by atoms with E-state index in [9.17, 15) is 0 Å². The molecule has 0 aliphatic heterocycles. The number of benzene rings is 1. The number of fused-ring (bicyclic) bond motifs is 2.